The van der Waals surface area contributed by atoms with E-state index in [4.69, 9.17) is 4.42 Å². The Morgan fingerprint density at radius 2 is 0.613 bits per heavy atom. The molecule has 0 aliphatic carbocycles. The molecule has 0 aliphatic rings. The van der Waals surface area contributed by atoms with Gasteiger partial charge in [0.1, 0.15) is 11.2 Å². The Morgan fingerprint density at radius 1 is 0.242 bits per heavy atom. The van der Waals surface area contributed by atoms with Crippen molar-refractivity contribution in [2.75, 3.05) is 4.90 Å². The van der Waals surface area contributed by atoms with Crippen molar-refractivity contribution in [3.63, 3.8) is 0 Å². The van der Waals surface area contributed by atoms with Gasteiger partial charge in [-0.15, -0.1) is 0 Å². The van der Waals surface area contributed by atoms with E-state index in [0.717, 1.165) is 61.3 Å². The average molecular weight is 792 g/mol. The fraction of sp³-hybridized carbons (Fsp3) is 0. The molecule has 0 aliphatic heterocycles. The molecule has 1 aromatic heterocycles. The summed E-state index contributed by atoms with van der Waals surface area (Å²) in [6.07, 6.45) is 0. The molecule has 0 radical (unpaired) electrons. The largest absolute Gasteiger partial charge is 0.455 e. The third-order valence-electron chi connectivity index (χ3n) is 11.9. The second kappa shape index (κ2) is 16.1. The molecule has 0 atom stereocenters. The summed E-state index contributed by atoms with van der Waals surface area (Å²) in [5.74, 6) is 0. The summed E-state index contributed by atoms with van der Waals surface area (Å²) in [4.78, 5) is 2.35. The zero-order valence-electron chi connectivity index (χ0n) is 34.0. The van der Waals surface area contributed by atoms with Crippen molar-refractivity contribution in [1.82, 2.24) is 0 Å². The first kappa shape index (κ1) is 36.8. The van der Waals surface area contributed by atoms with Crippen molar-refractivity contribution in [1.29, 1.82) is 0 Å². The number of anilines is 3. The van der Waals surface area contributed by atoms with Crippen molar-refractivity contribution in [2.45, 2.75) is 0 Å². The molecule has 0 amide bonds. The Labute approximate surface area is 362 Å². The fourth-order valence-corrected chi connectivity index (χ4v) is 8.67. The fourth-order valence-electron chi connectivity index (χ4n) is 8.67. The van der Waals surface area contributed by atoms with Crippen LogP contribution in [0.15, 0.2) is 253 Å². The van der Waals surface area contributed by atoms with Crippen molar-refractivity contribution in [2.24, 2.45) is 0 Å². The molecule has 0 N–H and O–H groups in total. The van der Waals surface area contributed by atoms with Gasteiger partial charge >= 0.3 is 0 Å². The van der Waals surface area contributed by atoms with Crippen LogP contribution in [0.3, 0.4) is 0 Å². The van der Waals surface area contributed by atoms with E-state index >= 15 is 0 Å². The van der Waals surface area contributed by atoms with Crippen LogP contribution in [0.5, 0.6) is 0 Å². The van der Waals surface area contributed by atoms with E-state index in [-0.39, 0.29) is 0 Å². The topological polar surface area (TPSA) is 16.4 Å². The molecular formula is C60H41NO. The highest BCUT2D eigenvalue weighted by Gasteiger charge is 2.16. The standard InChI is InChI=1S/C60H41NO/c1-3-11-42(12-4-1)44-21-25-46(26-22-44)48-33-37-53(38-34-48)61(54-39-35-49(36-40-54)47-27-23-45(24-28-47)43-13-5-2-6-14-43)55-16-9-15-52(41-55)50-29-31-51(32-30-50)56-18-10-19-58-57-17-7-8-20-59(57)62-60(56)58/h1-41H. The molecule has 11 rings (SSSR count). The van der Waals surface area contributed by atoms with Crippen LogP contribution < -0.4 is 4.90 Å². The summed E-state index contributed by atoms with van der Waals surface area (Å²) in [6, 6.07) is 89.0. The predicted octanol–water partition coefficient (Wildman–Crippen LogP) is 17.1. The Morgan fingerprint density at radius 3 is 1.13 bits per heavy atom. The van der Waals surface area contributed by atoms with Crippen LogP contribution in [-0.2, 0) is 0 Å². The van der Waals surface area contributed by atoms with Gasteiger partial charge < -0.3 is 9.32 Å². The number of fused-ring (bicyclic) bond motifs is 3. The molecule has 62 heavy (non-hydrogen) atoms. The van der Waals surface area contributed by atoms with E-state index in [1.807, 2.05) is 12.1 Å². The minimum atomic E-state index is 0.909. The molecular weight excluding hydrogens is 751 g/mol. The average Bonchev–Trinajstić information content (AvgIpc) is 3.75. The van der Waals surface area contributed by atoms with E-state index in [1.165, 1.54) is 44.5 Å². The summed E-state index contributed by atoms with van der Waals surface area (Å²) >= 11 is 0. The van der Waals surface area contributed by atoms with E-state index in [0.29, 0.717) is 0 Å². The monoisotopic (exact) mass is 791 g/mol. The summed E-state index contributed by atoms with van der Waals surface area (Å²) in [5, 5.41) is 2.28. The predicted molar refractivity (Wildman–Crippen MR) is 261 cm³/mol. The lowest BCUT2D eigenvalue weighted by molar-refractivity contribution is 0.670. The number of furan rings is 1. The molecule has 0 unspecified atom stereocenters. The Balaban J connectivity index is 0.925. The maximum absolute atomic E-state index is 6.38. The summed E-state index contributed by atoms with van der Waals surface area (Å²) < 4.78 is 6.38. The Kier molecular flexibility index (Phi) is 9.57. The molecule has 0 saturated carbocycles. The van der Waals surface area contributed by atoms with E-state index in [9.17, 15) is 0 Å². The number of hydrogen-bond donors (Lipinski definition) is 0. The van der Waals surface area contributed by atoms with Crippen molar-refractivity contribution in [3.8, 4) is 66.8 Å². The first-order valence-corrected chi connectivity index (χ1v) is 21.2. The lowest BCUT2D eigenvalue weighted by atomic mass is 9.98. The summed E-state index contributed by atoms with van der Waals surface area (Å²) in [7, 11) is 0. The molecule has 292 valence electrons. The van der Waals surface area contributed by atoms with E-state index in [1.54, 1.807) is 0 Å². The maximum Gasteiger partial charge on any atom is 0.143 e. The zero-order valence-corrected chi connectivity index (χ0v) is 34.0. The van der Waals surface area contributed by atoms with Gasteiger partial charge in [0.15, 0.2) is 0 Å². The van der Waals surface area contributed by atoms with Crippen LogP contribution in [0.4, 0.5) is 17.1 Å². The van der Waals surface area contributed by atoms with Crippen LogP contribution in [0.1, 0.15) is 0 Å². The van der Waals surface area contributed by atoms with Crippen LogP contribution >= 0.6 is 0 Å². The minimum absolute atomic E-state index is 0.909. The molecule has 0 spiro atoms. The second-order valence-electron chi connectivity index (χ2n) is 15.7. The zero-order chi connectivity index (χ0) is 41.2. The summed E-state index contributed by atoms with van der Waals surface area (Å²) in [6.45, 7) is 0. The maximum atomic E-state index is 6.38. The Bertz CT molecular complexity index is 3150. The van der Waals surface area contributed by atoms with Gasteiger partial charge in [0.05, 0.1) is 0 Å². The first-order chi connectivity index (χ1) is 30.7. The van der Waals surface area contributed by atoms with E-state index in [2.05, 4.69) is 241 Å². The third-order valence-corrected chi connectivity index (χ3v) is 11.9. The van der Waals surface area contributed by atoms with Gasteiger partial charge in [-0.25, -0.2) is 0 Å². The first-order valence-electron chi connectivity index (χ1n) is 21.2. The van der Waals surface area contributed by atoms with Gasteiger partial charge in [-0.3, -0.25) is 0 Å². The van der Waals surface area contributed by atoms with Crippen LogP contribution in [0.25, 0.3) is 88.7 Å². The lowest BCUT2D eigenvalue weighted by Gasteiger charge is -2.26. The van der Waals surface area contributed by atoms with Gasteiger partial charge in [0, 0.05) is 33.4 Å². The SMILES string of the molecule is c1ccc(-c2ccc(-c3ccc(N(c4ccc(-c5ccc(-c6ccccc6)cc5)cc4)c4cccc(-c5ccc(-c6cccc7c6oc6ccccc67)cc5)c4)cc3)cc2)cc1. The minimum Gasteiger partial charge on any atom is -0.455 e. The number of nitrogens with zero attached hydrogens (tertiary/aromatic N) is 1. The number of benzene rings is 10. The van der Waals surface area contributed by atoms with E-state index < -0.39 is 0 Å². The van der Waals surface area contributed by atoms with Gasteiger partial charge in [-0.05, 0) is 104 Å². The van der Waals surface area contributed by atoms with Gasteiger partial charge in [-0.2, -0.15) is 0 Å². The highest BCUT2D eigenvalue weighted by atomic mass is 16.3. The van der Waals surface area contributed by atoms with Crippen molar-refractivity contribution in [3.05, 3.63) is 249 Å². The molecule has 0 saturated heterocycles. The third kappa shape index (κ3) is 7.14. The van der Waals surface area contributed by atoms with Crippen molar-refractivity contribution < 1.29 is 4.42 Å². The number of para-hydroxylation sites is 2. The van der Waals surface area contributed by atoms with Crippen molar-refractivity contribution >= 4 is 39.0 Å². The van der Waals surface area contributed by atoms with Gasteiger partial charge in [-0.1, -0.05) is 206 Å². The Hall–Kier alpha value is -8.20. The highest BCUT2D eigenvalue weighted by Crippen LogP contribution is 2.40. The molecule has 11 aromatic rings. The quantitative estimate of drug-likeness (QED) is 0.145. The molecule has 10 aromatic carbocycles. The molecule has 2 nitrogen and oxygen atoms in total. The van der Waals surface area contributed by atoms with Gasteiger partial charge in [0.25, 0.3) is 0 Å². The highest BCUT2D eigenvalue weighted by molar-refractivity contribution is 6.09. The summed E-state index contributed by atoms with van der Waals surface area (Å²) in [5.41, 5.74) is 19.2. The molecule has 1 heterocycles. The normalized spacial score (nSPS) is 11.2. The van der Waals surface area contributed by atoms with Crippen LogP contribution in [-0.4, -0.2) is 0 Å². The number of rotatable bonds is 9. The molecule has 2 heteroatoms. The lowest BCUT2D eigenvalue weighted by Crippen LogP contribution is -2.10. The van der Waals surface area contributed by atoms with Crippen LogP contribution in [0, 0.1) is 0 Å². The van der Waals surface area contributed by atoms with Gasteiger partial charge in [0.2, 0.25) is 0 Å². The smallest absolute Gasteiger partial charge is 0.143 e. The molecule has 0 bridgehead atoms. The number of hydrogen-bond acceptors (Lipinski definition) is 2. The van der Waals surface area contributed by atoms with Crippen LogP contribution in [0.2, 0.25) is 0 Å². The molecule has 0 fully saturated rings. The second-order valence-corrected chi connectivity index (χ2v) is 15.7.